The molecule has 0 saturated heterocycles. The van der Waals surface area contributed by atoms with Crippen molar-refractivity contribution in [3.05, 3.63) is 23.8 Å². The molecule has 1 aromatic carbocycles. The molecule has 0 aliphatic rings. The highest BCUT2D eigenvalue weighted by Gasteiger charge is 2.12. The maximum Gasteiger partial charge on any atom is 0.260 e. The van der Waals surface area contributed by atoms with Gasteiger partial charge in [0.05, 0.1) is 7.11 Å². The molecule has 0 atom stereocenters. The third-order valence-corrected chi connectivity index (χ3v) is 2.94. The second-order valence-corrected chi connectivity index (χ2v) is 4.61. The van der Waals surface area contributed by atoms with E-state index < -0.39 is 0 Å². The number of carbonyl (C=O) groups excluding carboxylic acids is 1. The van der Waals surface area contributed by atoms with Gasteiger partial charge in [-0.1, -0.05) is 0 Å². The van der Waals surface area contributed by atoms with E-state index >= 15 is 0 Å². The average molecular weight is 266 g/mol. The molecule has 0 saturated carbocycles. The zero-order chi connectivity index (χ0) is 14.4. The fraction of sp³-hybridized carbons (Fsp3) is 0.500. The maximum absolute atomic E-state index is 11.8. The standard InChI is InChI=1S/C14H22N2O3/c1-10(2)16(3)14(17)9-19-13-6-11(8-15)5-12(7-13)18-4/h5-7,10H,8-9,15H2,1-4H3. The third-order valence-electron chi connectivity index (χ3n) is 2.94. The van der Waals surface area contributed by atoms with Gasteiger partial charge in [-0.25, -0.2) is 0 Å². The van der Waals surface area contributed by atoms with Crippen molar-refractivity contribution in [2.45, 2.75) is 26.4 Å². The molecular weight excluding hydrogens is 244 g/mol. The predicted molar refractivity (Wildman–Crippen MR) is 74.3 cm³/mol. The molecule has 0 radical (unpaired) electrons. The lowest BCUT2D eigenvalue weighted by molar-refractivity contribution is -0.133. The molecule has 1 rings (SSSR count). The highest BCUT2D eigenvalue weighted by Crippen LogP contribution is 2.22. The van der Waals surface area contributed by atoms with Gasteiger partial charge in [-0.15, -0.1) is 0 Å². The summed E-state index contributed by atoms with van der Waals surface area (Å²) in [5.41, 5.74) is 6.50. The molecule has 0 bridgehead atoms. The molecule has 5 nitrogen and oxygen atoms in total. The van der Waals surface area contributed by atoms with Crippen LogP contribution in [-0.2, 0) is 11.3 Å². The van der Waals surface area contributed by atoms with Crippen molar-refractivity contribution in [1.29, 1.82) is 0 Å². The minimum Gasteiger partial charge on any atom is -0.497 e. The number of amides is 1. The van der Waals surface area contributed by atoms with Crippen molar-refractivity contribution in [2.75, 3.05) is 20.8 Å². The molecule has 2 N–H and O–H groups in total. The van der Waals surface area contributed by atoms with E-state index in [0.717, 1.165) is 5.56 Å². The van der Waals surface area contributed by atoms with Gasteiger partial charge in [0.25, 0.3) is 5.91 Å². The summed E-state index contributed by atoms with van der Waals surface area (Å²) in [5, 5.41) is 0. The quantitative estimate of drug-likeness (QED) is 0.845. The first kappa shape index (κ1) is 15.3. The lowest BCUT2D eigenvalue weighted by atomic mass is 10.2. The van der Waals surface area contributed by atoms with E-state index in [-0.39, 0.29) is 18.6 Å². The minimum atomic E-state index is -0.0629. The van der Waals surface area contributed by atoms with Crippen LogP contribution >= 0.6 is 0 Å². The Kier molecular flexibility index (Phi) is 5.63. The van der Waals surface area contributed by atoms with Gasteiger partial charge < -0.3 is 20.1 Å². The smallest absolute Gasteiger partial charge is 0.260 e. The van der Waals surface area contributed by atoms with Crippen LogP contribution in [0.5, 0.6) is 11.5 Å². The van der Waals surface area contributed by atoms with Crippen LogP contribution < -0.4 is 15.2 Å². The Labute approximate surface area is 114 Å². The van der Waals surface area contributed by atoms with E-state index in [1.54, 1.807) is 25.1 Å². The van der Waals surface area contributed by atoms with E-state index in [2.05, 4.69) is 0 Å². The molecule has 1 aromatic rings. The number of carbonyl (C=O) groups is 1. The summed E-state index contributed by atoms with van der Waals surface area (Å²) in [6.45, 7) is 4.31. The zero-order valence-corrected chi connectivity index (χ0v) is 12.0. The number of hydrogen-bond acceptors (Lipinski definition) is 4. The first-order valence-corrected chi connectivity index (χ1v) is 6.24. The predicted octanol–water partition coefficient (Wildman–Crippen LogP) is 1.40. The highest BCUT2D eigenvalue weighted by atomic mass is 16.5. The number of hydrogen-bond donors (Lipinski definition) is 1. The molecule has 0 unspecified atom stereocenters. The Hall–Kier alpha value is -1.75. The summed E-state index contributed by atoms with van der Waals surface area (Å²) in [6.07, 6.45) is 0. The Balaban J connectivity index is 2.69. The normalized spacial score (nSPS) is 10.4. The summed E-state index contributed by atoms with van der Waals surface area (Å²) in [6, 6.07) is 5.54. The number of rotatable bonds is 6. The molecule has 0 aromatic heterocycles. The van der Waals surface area contributed by atoms with Crippen molar-refractivity contribution in [1.82, 2.24) is 4.90 Å². The number of ether oxygens (including phenoxy) is 2. The largest absolute Gasteiger partial charge is 0.497 e. The second-order valence-electron chi connectivity index (χ2n) is 4.61. The number of nitrogens with zero attached hydrogens (tertiary/aromatic N) is 1. The fourth-order valence-corrected chi connectivity index (χ4v) is 1.48. The summed E-state index contributed by atoms with van der Waals surface area (Å²) in [5.74, 6) is 1.19. The second kappa shape index (κ2) is 6.99. The molecule has 19 heavy (non-hydrogen) atoms. The molecule has 5 heteroatoms. The number of methoxy groups -OCH3 is 1. The van der Waals surface area contributed by atoms with Crippen LogP contribution in [0.4, 0.5) is 0 Å². The van der Waals surface area contributed by atoms with E-state index in [1.807, 2.05) is 26.0 Å². The Bertz CT molecular complexity index is 410. The van der Waals surface area contributed by atoms with Crippen LogP contribution in [0.1, 0.15) is 19.4 Å². The Morgan fingerprint density at radius 1 is 1.32 bits per heavy atom. The van der Waals surface area contributed by atoms with Crippen molar-refractivity contribution >= 4 is 5.91 Å². The average Bonchev–Trinajstić information content (AvgIpc) is 2.43. The van der Waals surface area contributed by atoms with Crippen LogP contribution in [0, 0.1) is 0 Å². The number of likely N-dealkylation sites (N-methyl/N-ethyl adjacent to an activating group) is 1. The summed E-state index contributed by atoms with van der Waals surface area (Å²) in [4.78, 5) is 13.5. The van der Waals surface area contributed by atoms with Crippen LogP contribution in [0.2, 0.25) is 0 Å². The van der Waals surface area contributed by atoms with E-state index in [9.17, 15) is 4.79 Å². The van der Waals surface area contributed by atoms with Gasteiger partial charge >= 0.3 is 0 Å². The molecule has 0 aliphatic heterocycles. The molecular formula is C14H22N2O3. The van der Waals surface area contributed by atoms with E-state index in [0.29, 0.717) is 18.0 Å². The first-order valence-electron chi connectivity index (χ1n) is 6.24. The van der Waals surface area contributed by atoms with Crippen molar-refractivity contribution in [2.24, 2.45) is 5.73 Å². The number of nitrogens with two attached hydrogens (primary N) is 1. The van der Waals surface area contributed by atoms with E-state index in [1.165, 1.54) is 0 Å². The van der Waals surface area contributed by atoms with Crippen molar-refractivity contribution < 1.29 is 14.3 Å². The molecule has 0 fully saturated rings. The molecule has 0 spiro atoms. The van der Waals surface area contributed by atoms with Gasteiger partial charge in [-0.2, -0.15) is 0 Å². The minimum absolute atomic E-state index is 0.00581. The Morgan fingerprint density at radius 3 is 2.47 bits per heavy atom. The lowest BCUT2D eigenvalue weighted by Crippen LogP contribution is -2.36. The van der Waals surface area contributed by atoms with Gasteiger partial charge in [0.1, 0.15) is 11.5 Å². The van der Waals surface area contributed by atoms with Crippen LogP contribution in [0.3, 0.4) is 0 Å². The molecule has 0 aliphatic carbocycles. The monoisotopic (exact) mass is 266 g/mol. The molecule has 1 amide bonds. The summed E-state index contributed by atoms with van der Waals surface area (Å²) in [7, 11) is 3.34. The summed E-state index contributed by atoms with van der Waals surface area (Å²) >= 11 is 0. The van der Waals surface area contributed by atoms with Crippen molar-refractivity contribution in [3.63, 3.8) is 0 Å². The van der Waals surface area contributed by atoms with Gasteiger partial charge in [0, 0.05) is 25.7 Å². The van der Waals surface area contributed by atoms with Crippen molar-refractivity contribution in [3.8, 4) is 11.5 Å². The molecule has 0 heterocycles. The van der Waals surface area contributed by atoms with Crippen LogP contribution in [0.25, 0.3) is 0 Å². The number of benzene rings is 1. The van der Waals surface area contributed by atoms with Gasteiger partial charge in [0.2, 0.25) is 0 Å². The van der Waals surface area contributed by atoms with Gasteiger partial charge in [0.15, 0.2) is 6.61 Å². The zero-order valence-electron chi connectivity index (χ0n) is 12.0. The first-order chi connectivity index (χ1) is 8.97. The lowest BCUT2D eigenvalue weighted by Gasteiger charge is -2.21. The fourth-order valence-electron chi connectivity index (χ4n) is 1.48. The highest BCUT2D eigenvalue weighted by molar-refractivity contribution is 5.77. The van der Waals surface area contributed by atoms with Gasteiger partial charge in [-0.3, -0.25) is 4.79 Å². The van der Waals surface area contributed by atoms with E-state index in [4.69, 9.17) is 15.2 Å². The third kappa shape index (κ3) is 4.44. The SMILES string of the molecule is COc1cc(CN)cc(OCC(=O)N(C)C(C)C)c1. The van der Waals surface area contributed by atoms with Crippen LogP contribution in [0.15, 0.2) is 18.2 Å². The summed E-state index contributed by atoms with van der Waals surface area (Å²) < 4.78 is 10.7. The topological polar surface area (TPSA) is 64.8 Å². The maximum atomic E-state index is 11.8. The van der Waals surface area contributed by atoms with Crippen LogP contribution in [-0.4, -0.2) is 37.6 Å². The Morgan fingerprint density at radius 2 is 1.95 bits per heavy atom. The van der Waals surface area contributed by atoms with Gasteiger partial charge in [-0.05, 0) is 31.5 Å². The molecule has 106 valence electrons.